The predicted octanol–water partition coefficient (Wildman–Crippen LogP) is 1.44. The van der Waals surface area contributed by atoms with E-state index in [4.69, 9.17) is 4.74 Å². The maximum atomic E-state index is 12.8. The van der Waals surface area contributed by atoms with Gasteiger partial charge < -0.3 is 9.64 Å². The number of esters is 1. The zero-order valence-electron chi connectivity index (χ0n) is 14.6. The summed E-state index contributed by atoms with van der Waals surface area (Å²) in [5.74, 6) is -1.44. The molecule has 9 heteroatoms. The minimum absolute atomic E-state index is 0.0964. The van der Waals surface area contributed by atoms with Crippen LogP contribution in [0.1, 0.15) is 32.6 Å². The Morgan fingerprint density at radius 2 is 1.81 bits per heavy atom. The highest BCUT2D eigenvalue weighted by atomic mass is 32.2. The molecule has 26 heavy (non-hydrogen) atoms. The van der Waals surface area contributed by atoms with Crippen molar-refractivity contribution in [2.45, 2.75) is 43.6 Å². The van der Waals surface area contributed by atoms with Gasteiger partial charge in [-0.2, -0.15) is 0 Å². The van der Waals surface area contributed by atoms with Gasteiger partial charge in [-0.25, -0.2) is 17.5 Å². The van der Waals surface area contributed by atoms with Crippen molar-refractivity contribution in [1.82, 2.24) is 9.62 Å². The average Bonchev–Trinajstić information content (AvgIpc) is 2.62. The maximum absolute atomic E-state index is 12.8. The van der Waals surface area contributed by atoms with Crippen molar-refractivity contribution in [3.63, 3.8) is 0 Å². The number of carbonyl (C=O) groups is 2. The lowest BCUT2D eigenvalue weighted by Crippen LogP contribution is -2.42. The van der Waals surface area contributed by atoms with Crippen molar-refractivity contribution in [2.75, 3.05) is 19.6 Å². The van der Waals surface area contributed by atoms with E-state index < -0.39 is 27.9 Å². The van der Waals surface area contributed by atoms with Gasteiger partial charge in [-0.1, -0.05) is 0 Å². The lowest BCUT2D eigenvalue weighted by atomic mass is 10.1. The van der Waals surface area contributed by atoms with Crippen molar-refractivity contribution < 1.29 is 27.1 Å². The maximum Gasteiger partial charge on any atom is 0.307 e. The van der Waals surface area contributed by atoms with Gasteiger partial charge in [0.25, 0.3) is 5.91 Å². The van der Waals surface area contributed by atoms with Gasteiger partial charge in [-0.05, 0) is 50.5 Å². The zero-order valence-corrected chi connectivity index (χ0v) is 15.4. The molecular weight excluding hydrogens is 363 g/mol. The Balaban J connectivity index is 1.77. The van der Waals surface area contributed by atoms with Crippen LogP contribution in [0.5, 0.6) is 0 Å². The summed E-state index contributed by atoms with van der Waals surface area (Å²) >= 11 is 0. The number of nitrogens with zero attached hydrogens (tertiary/aromatic N) is 1. The number of ether oxygens (including phenoxy) is 1. The Bertz CT molecular complexity index is 730. The van der Waals surface area contributed by atoms with Gasteiger partial charge in [0.05, 0.1) is 11.3 Å². The third kappa shape index (κ3) is 5.77. The van der Waals surface area contributed by atoms with Crippen LogP contribution in [0, 0.1) is 5.82 Å². The molecule has 0 radical (unpaired) electrons. The predicted molar refractivity (Wildman–Crippen MR) is 92.2 cm³/mol. The van der Waals surface area contributed by atoms with Crippen LogP contribution in [0.2, 0.25) is 0 Å². The van der Waals surface area contributed by atoms with Gasteiger partial charge >= 0.3 is 5.97 Å². The number of sulfonamides is 1. The van der Waals surface area contributed by atoms with E-state index in [2.05, 4.69) is 4.72 Å². The zero-order chi connectivity index (χ0) is 19.2. The third-order valence-electron chi connectivity index (χ3n) is 4.07. The summed E-state index contributed by atoms with van der Waals surface area (Å²) in [6, 6.07) is 4.35. The lowest BCUT2D eigenvalue weighted by molar-refractivity contribution is -0.159. The van der Waals surface area contributed by atoms with Crippen LogP contribution in [0.3, 0.4) is 0 Å². The van der Waals surface area contributed by atoms with Gasteiger partial charge in [-0.15, -0.1) is 0 Å². The fourth-order valence-electron chi connectivity index (χ4n) is 2.66. The summed E-state index contributed by atoms with van der Waals surface area (Å²) in [4.78, 5) is 25.6. The Kier molecular flexibility index (Phi) is 7.10. The Morgan fingerprint density at radius 1 is 1.19 bits per heavy atom. The van der Waals surface area contributed by atoms with Crippen LogP contribution in [0.4, 0.5) is 4.39 Å². The number of benzene rings is 1. The van der Waals surface area contributed by atoms with E-state index in [9.17, 15) is 22.4 Å². The molecule has 1 N–H and O–H groups in total. The summed E-state index contributed by atoms with van der Waals surface area (Å²) in [5, 5.41) is 0. The molecule has 1 saturated heterocycles. The standard InChI is InChI=1S/C17H23FN2O5S/c1-13(17(22)20-11-3-2-4-12-20)25-16(21)9-10-19-26(23,24)15-7-5-14(18)6-8-15/h5-8,13,19H,2-4,9-12H2,1H3. The number of likely N-dealkylation sites (tertiary alicyclic amines) is 1. The van der Waals surface area contributed by atoms with E-state index in [1.165, 1.54) is 6.92 Å². The number of carbonyl (C=O) groups excluding carboxylic acids is 2. The highest BCUT2D eigenvalue weighted by Gasteiger charge is 2.25. The van der Waals surface area contributed by atoms with Gasteiger partial charge in [0.2, 0.25) is 10.0 Å². The van der Waals surface area contributed by atoms with Gasteiger partial charge in [-0.3, -0.25) is 9.59 Å². The highest BCUT2D eigenvalue weighted by molar-refractivity contribution is 7.89. The van der Waals surface area contributed by atoms with Crippen LogP contribution < -0.4 is 4.72 Å². The number of halogens is 1. The lowest BCUT2D eigenvalue weighted by Gasteiger charge is -2.28. The molecule has 1 aliphatic heterocycles. The van der Waals surface area contributed by atoms with E-state index in [-0.39, 0.29) is 23.8 Å². The molecule has 7 nitrogen and oxygen atoms in total. The number of rotatable bonds is 7. The summed E-state index contributed by atoms with van der Waals surface area (Å²) < 4.78 is 44.2. The van der Waals surface area contributed by atoms with Crippen LogP contribution in [-0.4, -0.2) is 50.9 Å². The van der Waals surface area contributed by atoms with Crippen LogP contribution in [0.25, 0.3) is 0 Å². The summed E-state index contributed by atoms with van der Waals surface area (Å²) in [7, 11) is -3.83. The quantitative estimate of drug-likeness (QED) is 0.716. The van der Waals surface area contributed by atoms with E-state index in [0.29, 0.717) is 13.1 Å². The van der Waals surface area contributed by atoms with Gasteiger partial charge in [0.15, 0.2) is 6.10 Å². The minimum Gasteiger partial charge on any atom is -0.452 e. The third-order valence-corrected chi connectivity index (χ3v) is 5.55. The number of piperidine rings is 1. The van der Waals surface area contributed by atoms with E-state index in [1.54, 1.807) is 4.90 Å². The first-order valence-electron chi connectivity index (χ1n) is 8.53. The SMILES string of the molecule is CC(OC(=O)CCNS(=O)(=O)c1ccc(F)cc1)C(=O)N1CCCCC1. The first-order chi connectivity index (χ1) is 12.3. The van der Waals surface area contributed by atoms with E-state index >= 15 is 0 Å². The second-order valence-electron chi connectivity index (χ2n) is 6.12. The minimum atomic E-state index is -3.83. The molecule has 1 amide bonds. The van der Waals surface area contributed by atoms with Gasteiger partial charge in [0, 0.05) is 19.6 Å². The number of nitrogens with one attached hydrogen (secondary N) is 1. The van der Waals surface area contributed by atoms with Crippen molar-refractivity contribution in [1.29, 1.82) is 0 Å². The number of hydrogen-bond donors (Lipinski definition) is 1. The average molecular weight is 386 g/mol. The first kappa shape index (κ1) is 20.3. The van der Waals surface area contributed by atoms with Gasteiger partial charge in [0.1, 0.15) is 5.82 Å². The van der Waals surface area contributed by atoms with E-state index in [0.717, 1.165) is 43.5 Å². The molecular formula is C17H23FN2O5S. The molecule has 1 atom stereocenters. The molecule has 1 aromatic rings. The number of hydrogen-bond acceptors (Lipinski definition) is 5. The molecule has 0 spiro atoms. The molecule has 1 aromatic carbocycles. The van der Waals surface area contributed by atoms with Crippen LogP contribution >= 0.6 is 0 Å². The summed E-state index contributed by atoms with van der Waals surface area (Å²) in [6.45, 7) is 2.66. The Labute approximate surface area is 152 Å². The topological polar surface area (TPSA) is 92.8 Å². The summed E-state index contributed by atoms with van der Waals surface area (Å²) in [6.07, 6.45) is 1.87. The molecule has 2 rings (SSSR count). The largest absolute Gasteiger partial charge is 0.452 e. The van der Waals surface area contributed by atoms with Crippen molar-refractivity contribution >= 4 is 21.9 Å². The van der Waals surface area contributed by atoms with Crippen molar-refractivity contribution in [3.8, 4) is 0 Å². The molecule has 1 heterocycles. The second-order valence-corrected chi connectivity index (χ2v) is 7.89. The van der Waals surface area contributed by atoms with Crippen LogP contribution in [0.15, 0.2) is 29.2 Å². The second kappa shape index (κ2) is 9.09. The normalized spacial score (nSPS) is 16.2. The molecule has 0 aromatic heterocycles. The Hall–Kier alpha value is -2.00. The molecule has 1 fully saturated rings. The highest BCUT2D eigenvalue weighted by Crippen LogP contribution is 2.12. The van der Waals surface area contributed by atoms with Crippen molar-refractivity contribution in [2.24, 2.45) is 0 Å². The summed E-state index contributed by atoms with van der Waals surface area (Å²) in [5.41, 5.74) is 0. The fraction of sp³-hybridized carbons (Fsp3) is 0.529. The molecule has 144 valence electrons. The fourth-order valence-corrected chi connectivity index (χ4v) is 3.69. The molecule has 1 unspecified atom stereocenters. The molecule has 0 aliphatic carbocycles. The first-order valence-corrected chi connectivity index (χ1v) is 10.0. The van der Waals surface area contributed by atoms with Crippen LogP contribution in [-0.2, 0) is 24.3 Å². The number of amides is 1. The molecule has 0 bridgehead atoms. The Morgan fingerprint density at radius 3 is 2.42 bits per heavy atom. The molecule has 1 aliphatic rings. The molecule has 0 saturated carbocycles. The van der Waals surface area contributed by atoms with E-state index in [1.807, 2.05) is 0 Å². The van der Waals surface area contributed by atoms with Crippen molar-refractivity contribution in [3.05, 3.63) is 30.1 Å². The monoisotopic (exact) mass is 386 g/mol. The smallest absolute Gasteiger partial charge is 0.307 e.